The van der Waals surface area contributed by atoms with Crippen LogP contribution in [0.1, 0.15) is 26.6 Å². The summed E-state index contributed by atoms with van der Waals surface area (Å²) in [6.07, 6.45) is 1.49. The van der Waals surface area contributed by atoms with E-state index in [1.54, 1.807) is 17.4 Å². The number of anilines is 1. The Morgan fingerprint density at radius 2 is 2.15 bits per heavy atom. The molecule has 1 N–H and O–H groups in total. The number of hydrazone groups is 1. The molecule has 0 fully saturated rings. The Kier molecular flexibility index (Phi) is 4.24. The molecule has 0 saturated heterocycles. The van der Waals surface area contributed by atoms with Crippen LogP contribution in [0.15, 0.2) is 27.0 Å². The molecule has 0 aliphatic rings. The smallest absolute Gasteiger partial charge is 0.272 e. The summed E-state index contributed by atoms with van der Waals surface area (Å²) >= 11 is 1.56. The van der Waals surface area contributed by atoms with Crippen molar-refractivity contribution in [3.8, 4) is 0 Å². The molecule has 6 heteroatoms. The van der Waals surface area contributed by atoms with Gasteiger partial charge in [-0.3, -0.25) is 4.79 Å². The van der Waals surface area contributed by atoms with Crippen LogP contribution in [0.4, 0.5) is 5.88 Å². The number of amides is 1. The number of nitrogens with zero attached hydrogens (tertiary/aromatic N) is 2. The Bertz CT molecular complexity index is 641. The molecular formula is C14H17N3O2S. The summed E-state index contributed by atoms with van der Waals surface area (Å²) in [7, 11) is 3.78. The molecule has 0 aromatic carbocycles. The summed E-state index contributed by atoms with van der Waals surface area (Å²) in [4.78, 5) is 14.9. The van der Waals surface area contributed by atoms with E-state index in [0.29, 0.717) is 11.3 Å². The highest BCUT2D eigenvalue weighted by atomic mass is 32.1. The summed E-state index contributed by atoms with van der Waals surface area (Å²) in [6, 6.07) is 3.64. The van der Waals surface area contributed by atoms with Crippen molar-refractivity contribution < 1.29 is 9.21 Å². The van der Waals surface area contributed by atoms with Crippen LogP contribution >= 0.6 is 11.3 Å². The van der Waals surface area contributed by atoms with Gasteiger partial charge in [-0.15, -0.1) is 11.3 Å². The number of aryl methyl sites for hydroxylation is 1. The largest absolute Gasteiger partial charge is 0.440 e. The maximum absolute atomic E-state index is 11.9. The van der Waals surface area contributed by atoms with E-state index >= 15 is 0 Å². The van der Waals surface area contributed by atoms with Gasteiger partial charge in [0.15, 0.2) is 5.88 Å². The molecule has 0 unspecified atom stereocenters. The molecule has 0 aliphatic carbocycles. The highest BCUT2D eigenvalue weighted by Gasteiger charge is 2.11. The zero-order chi connectivity index (χ0) is 14.7. The van der Waals surface area contributed by atoms with Crippen molar-refractivity contribution in [3.63, 3.8) is 0 Å². The van der Waals surface area contributed by atoms with Crippen LogP contribution in [0.25, 0.3) is 0 Å². The number of thiophene rings is 1. The first-order valence-electron chi connectivity index (χ1n) is 6.14. The number of carbonyl (C=O) groups is 1. The van der Waals surface area contributed by atoms with E-state index in [4.69, 9.17) is 4.42 Å². The van der Waals surface area contributed by atoms with Crippen molar-refractivity contribution >= 4 is 29.3 Å². The Morgan fingerprint density at radius 1 is 1.40 bits per heavy atom. The molecule has 5 nitrogen and oxygen atoms in total. The molecule has 20 heavy (non-hydrogen) atoms. The third kappa shape index (κ3) is 3.08. The normalized spacial score (nSPS) is 11.0. The van der Waals surface area contributed by atoms with Crippen LogP contribution in [0, 0.1) is 13.8 Å². The summed E-state index contributed by atoms with van der Waals surface area (Å²) < 4.78 is 5.49. The Morgan fingerprint density at radius 3 is 2.70 bits per heavy atom. The Hall–Kier alpha value is -2.08. The van der Waals surface area contributed by atoms with Crippen molar-refractivity contribution in [2.75, 3.05) is 19.0 Å². The van der Waals surface area contributed by atoms with E-state index in [2.05, 4.69) is 10.5 Å². The van der Waals surface area contributed by atoms with Gasteiger partial charge < -0.3 is 9.32 Å². The van der Waals surface area contributed by atoms with E-state index in [1.807, 2.05) is 44.3 Å². The lowest BCUT2D eigenvalue weighted by Crippen LogP contribution is -2.17. The standard InChI is InChI=1S/C14H17N3O2S/c1-9-10(2)20-8-12(9)14(18)16-15-7-11-5-6-13(19-11)17(3)4/h5-8H,1-4H3,(H,16,18)/b15-7+. The predicted octanol–water partition coefficient (Wildman–Crippen LogP) is 2.79. The topological polar surface area (TPSA) is 57.8 Å². The second-order valence-corrected chi connectivity index (χ2v) is 5.68. The van der Waals surface area contributed by atoms with E-state index in [1.165, 1.54) is 6.21 Å². The van der Waals surface area contributed by atoms with Crippen molar-refractivity contribution in [1.82, 2.24) is 5.43 Å². The molecule has 1 amide bonds. The first-order chi connectivity index (χ1) is 9.49. The molecule has 0 spiro atoms. The van der Waals surface area contributed by atoms with Crippen molar-refractivity contribution in [1.29, 1.82) is 0 Å². The van der Waals surface area contributed by atoms with Gasteiger partial charge in [0.05, 0.1) is 11.8 Å². The predicted molar refractivity (Wildman–Crippen MR) is 81.9 cm³/mol. The van der Waals surface area contributed by atoms with Crippen LogP contribution in [0.3, 0.4) is 0 Å². The highest BCUT2D eigenvalue weighted by molar-refractivity contribution is 7.10. The van der Waals surface area contributed by atoms with Gasteiger partial charge in [0.1, 0.15) is 5.76 Å². The minimum absolute atomic E-state index is 0.206. The van der Waals surface area contributed by atoms with Gasteiger partial charge in [0.25, 0.3) is 5.91 Å². The molecular weight excluding hydrogens is 274 g/mol. The fourth-order valence-corrected chi connectivity index (χ4v) is 2.47. The van der Waals surface area contributed by atoms with Crippen molar-refractivity contribution in [2.45, 2.75) is 13.8 Å². The molecule has 0 saturated carbocycles. The van der Waals surface area contributed by atoms with Crippen molar-refractivity contribution in [2.24, 2.45) is 5.10 Å². The number of hydrogen-bond donors (Lipinski definition) is 1. The average molecular weight is 291 g/mol. The Labute approximate surface area is 121 Å². The molecule has 0 bridgehead atoms. The molecule has 0 atom stereocenters. The van der Waals surface area contributed by atoms with Crippen LogP contribution in [0.5, 0.6) is 0 Å². The maximum Gasteiger partial charge on any atom is 0.272 e. The molecule has 0 radical (unpaired) electrons. The van der Waals surface area contributed by atoms with Gasteiger partial charge in [-0.05, 0) is 25.5 Å². The summed E-state index contributed by atoms with van der Waals surface area (Å²) in [5.74, 6) is 1.12. The quantitative estimate of drug-likeness (QED) is 0.696. The second kappa shape index (κ2) is 5.92. The number of carbonyl (C=O) groups excluding carboxylic acids is 1. The number of rotatable bonds is 4. The number of furan rings is 1. The SMILES string of the molecule is Cc1scc(C(=O)N/N=C/c2ccc(N(C)C)o2)c1C. The molecule has 2 rings (SSSR count). The van der Waals surface area contributed by atoms with E-state index < -0.39 is 0 Å². The van der Waals surface area contributed by atoms with Gasteiger partial charge in [0.2, 0.25) is 0 Å². The highest BCUT2D eigenvalue weighted by Crippen LogP contribution is 2.20. The zero-order valence-corrected chi connectivity index (χ0v) is 12.7. The first kappa shape index (κ1) is 14.3. The average Bonchev–Trinajstić information content (AvgIpc) is 2.98. The lowest BCUT2D eigenvalue weighted by atomic mass is 10.2. The van der Waals surface area contributed by atoms with E-state index in [9.17, 15) is 4.79 Å². The lowest BCUT2D eigenvalue weighted by Gasteiger charge is -2.05. The summed E-state index contributed by atoms with van der Waals surface area (Å²) in [5.41, 5.74) is 4.16. The fraction of sp³-hybridized carbons (Fsp3) is 0.286. The van der Waals surface area contributed by atoms with Crippen LogP contribution in [-0.2, 0) is 0 Å². The van der Waals surface area contributed by atoms with E-state index in [0.717, 1.165) is 16.3 Å². The third-order valence-corrected chi connectivity index (χ3v) is 3.95. The van der Waals surface area contributed by atoms with Gasteiger partial charge in [-0.25, -0.2) is 5.43 Å². The van der Waals surface area contributed by atoms with Crippen LogP contribution in [-0.4, -0.2) is 26.2 Å². The molecule has 2 aromatic heterocycles. The van der Waals surface area contributed by atoms with Crippen molar-refractivity contribution in [3.05, 3.63) is 39.3 Å². The number of hydrogen-bond acceptors (Lipinski definition) is 5. The van der Waals surface area contributed by atoms with Gasteiger partial charge in [0, 0.05) is 30.4 Å². The van der Waals surface area contributed by atoms with Gasteiger partial charge in [-0.1, -0.05) is 0 Å². The van der Waals surface area contributed by atoms with Crippen LogP contribution in [0.2, 0.25) is 0 Å². The fourth-order valence-electron chi connectivity index (χ4n) is 1.60. The molecule has 106 valence electrons. The Balaban J connectivity index is 1.99. The minimum Gasteiger partial charge on any atom is -0.440 e. The third-order valence-electron chi connectivity index (χ3n) is 2.94. The maximum atomic E-state index is 11.9. The second-order valence-electron chi connectivity index (χ2n) is 4.60. The van der Waals surface area contributed by atoms with Gasteiger partial charge in [-0.2, -0.15) is 5.10 Å². The van der Waals surface area contributed by atoms with Gasteiger partial charge >= 0.3 is 0 Å². The molecule has 0 aliphatic heterocycles. The van der Waals surface area contributed by atoms with Crippen LogP contribution < -0.4 is 10.3 Å². The monoisotopic (exact) mass is 291 g/mol. The summed E-state index contributed by atoms with van der Waals surface area (Å²) in [5, 5.41) is 5.75. The minimum atomic E-state index is -0.206. The molecule has 2 heterocycles. The summed E-state index contributed by atoms with van der Waals surface area (Å²) in [6.45, 7) is 3.92. The zero-order valence-electron chi connectivity index (χ0n) is 11.9. The number of nitrogens with one attached hydrogen (secondary N) is 1. The van der Waals surface area contributed by atoms with E-state index in [-0.39, 0.29) is 5.91 Å². The first-order valence-corrected chi connectivity index (χ1v) is 7.02. The lowest BCUT2D eigenvalue weighted by molar-refractivity contribution is 0.0955. The molecule has 2 aromatic rings.